The summed E-state index contributed by atoms with van der Waals surface area (Å²) in [6.45, 7) is 0. The van der Waals surface area contributed by atoms with Gasteiger partial charge in [0.15, 0.2) is 23.2 Å². The van der Waals surface area contributed by atoms with E-state index in [4.69, 9.17) is 5.73 Å². The van der Waals surface area contributed by atoms with Gasteiger partial charge in [0.2, 0.25) is 0 Å². The average Bonchev–Trinajstić information content (AvgIpc) is 2.71. The molecule has 2 aromatic rings. The number of hydrogen-bond acceptors (Lipinski definition) is 3. The minimum atomic E-state index is -1.34. The van der Waals surface area contributed by atoms with Crippen molar-refractivity contribution in [3.63, 3.8) is 0 Å². The van der Waals surface area contributed by atoms with Gasteiger partial charge in [-0.15, -0.1) is 0 Å². The van der Waals surface area contributed by atoms with E-state index in [1.165, 1.54) is 0 Å². The van der Waals surface area contributed by atoms with Crippen LogP contribution in [0, 0.1) is 17.5 Å². The highest BCUT2D eigenvalue weighted by atomic mass is 19.2. The lowest BCUT2D eigenvalue weighted by Gasteiger charge is -2.08. The predicted octanol–water partition coefficient (Wildman–Crippen LogP) is 2.08. The summed E-state index contributed by atoms with van der Waals surface area (Å²) >= 11 is 0. The highest BCUT2D eigenvalue weighted by Crippen LogP contribution is 2.35. The van der Waals surface area contributed by atoms with Gasteiger partial charge in [-0.25, -0.2) is 13.2 Å². The van der Waals surface area contributed by atoms with Gasteiger partial charge in [0.05, 0.1) is 18.9 Å². The maximum atomic E-state index is 13.8. The first-order valence-corrected chi connectivity index (χ1v) is 4.57. The number of anilines is 1. The number of rotatable bonds is 2. The smallest absolute Gasteiger partial charge is 0.176 e. The molecular weight excluding hydrogens is 235 g/mol. The molecule has 0 amide bonds. The van der Waals surface area contributed by atoms with Crippen LogP contribution in [0.2, 0.25) is 0 Å². The van der Waals surface area contributed by atoms with E-state index in [-0.39, 0.29) is 11.4 Å². The lowest BCUT2D eigenvalue weighted by atomic mass is 10.1. The maximum Gasteiger partial charge on any atom is 0.176 e. The first kappa shape index (κ1) is 11.3. The van der Waals surface area contributed by atoms with E-state index in [9.17, 15) is 13.2 Å². The van der Waals surface area contributed by atoms with Crippen molar-refractivity contribution in [3.8, 4) is 16.9 Å². The van der Waals surface area contributed by atoms with E-state index in [0.717, 1.165) is 13.3 Å². The Balaban J connectivity index is 2.76. The van der Waals surface area contributed by atoms with E-state index in [1.54, 1.807) is 0 Å². The normalized spacial score (nSPS) is 10.6. The minimum absolute atomic E-state index is 0.0576. The van der Waals surface area contributed by atoms with Gasteiger partial charge in [0, 0.05) is 11.6 Å². The molecule has 2 rings (SSSR count). The first-order valence-electron chi connectivity index (χ1n) is 4.57. The van der Waals surface area contributed by atoms with Gasteiger partial charge in [-0.1, -0.05) is 0 Å². The highest BCUT2D eigenvalue weighted by Gasteiger charge is 2.23. The third kappa shape index (κ3) is 1.69. The molecule has 7 heteroatoms. The minimum Gasteiger partial charge on any atom is -0.494 e. The zero-order valence-electron chi connectivity index (χ0n) is 8.72. The topological polar surface area (TPSA) is 63.9 Å². The molecule has 90 valence electrons. The molecule has 0 saturated carbocycles. The summed E-state index contributed by atoms with van der Waals surface area (Å²) in [6.07, 6.45) is 1.11. The molecule has 1 aromatic heterocycles. The number of nitrogens with two attached hydrogens (primary N) is 1. The highest BCUT2D eigenvalue weighted by molar-refractivity contribution is 5.75. The fraction of sp³-hybridized carbons (Fsp3) is 0.100. The predicted molar refractivity (Wildman–Crippen MR) is 54.9 cm³/mol. The van der Waals surface area contributed by atoms with Crippen molar-refractivity contribution in [2.24, 2.45) is 0 Å². The summed E-state index contributed by atoms with van der Waals surface area (Å²) in [6, 6.07) is 0.629. The SMILES string of the molecule is COc1cc(F)c(F)c(-c2cn[nH]c2N)c1F. The fourth-order valence-electron chi connectivity index (χ4n) is 1.46. The van der Waals surface area contributed by atoms with Crippen LogP contribution in [0.4, 0.5) is 19.0 Å². The van der Waals surface area contributed by atoms with Gasteiger partial charge in [-0.05, 0) is 0 Å². The summed E-state index contributed by atoms with van der Waals surface area (Å²) in [5.41, 5.74) is 4.78. The molecule has 0 aliphatic carbocycles. The van der Waals surface area contributed by atoms with Gasteiger partial charge < -0.3 is 10.5 Å². The molecule has 4 nitrogen and oxygen atoms in total. The zero-order chi connectivity index (χ0) is 12.6. The largest absolute Gasteiger partial charge is 0.494 e. The second-order valence-electron chi connectivity index (χ2n) is 3.26. The van der Waals surface area contributed by atoms with Crippen molar-refractivity contribution in [3.05, 3.63) is 29.7 Å². The zero-order valence-corrected chi connectivity index (χ0v) is 8.72. The van der Waals surface area contributed by atoms with Crippen LogP contribution in [0.25, 0.3) is 11.1 Å². The van der Waals surface area contributed by atoms with Crippen LogP contribution in [0.1, 0.15) is 0 Å². The Morgan fingerprint density at radius 3 is 2.53 bits per heavy atom. The van der Waals surface area contributed by atoms with E-state index in [1.807, 2.05) is 0 Å². The number of nitrogen functional groups attached to an aromatic ring is 1. The van der Waals surface area contributed by atoms with Crippen LogP contribution >= 0.6 is 0 Å². The molecular formula is C10H8F3N3O. The van der Waals surface area contributed by atoms with Crippen LogP contribution in [-0.2, 0) is 0 Å². The Labute approximate surface area is 94.2 Å². The molecule has 0 spiro atoms. The number of nitrogens with zero attached hydrogens (tertiary/aromatic N) is 1. The molecule has 17 heavy (non-hydrogen) atoms. The lowest BCUT2D eigenvalue weighted by Crippen LogP contribution is -2.00. The molecule has 0 aliphatic rings. The molecule has 0 saturated heterocycles. The second kappa shape index (κ2) is 4.00. The number of halogens is 3. The number of H-pyrrole nitrogens is 1. The quantitative estimate of drug-likeness (QED) is 0.794. The van der Waals surface area contributed by atoms with E-state index >= 15 is 0 Å². The van der Waals surface area contributed by atoms with Gasteiger partial charge in [0.25, 0.3) is 0 Å². The van der Waals surface area contributed by atoms with Crippen LogP contribution < -0.4 is 10.5 Å². The number of hydrogen-bond donors (Lipinski definition) is 2. The Bertz CT molecular complexity index is 568. The summed E-state index contributed by atoms with van der Waals surface area (Å²) in [5.74, 6) is -4.05. The first-order chi connectivity index (χ1) is 8.06. The van der Waals surface area contributed by atoms with Crippen LogP contribution in [0.5, 0.6) is 5.75 Å². The number of aromatic amines is 1. The number of benzene rings is 1. The monoisotopic (exact) mass is 243 g/mol. The third-order valence-electron chi connectivity index (χ3n) is 2.28. The van der Waals surface area contributed by atoms with Crippen LogP contribution in [0.3, 0.4) is 0 Å². The number of methoxy groups -OCH3 is 1. The van der Waals surface area contributed by atoms with Crippen molar-refractivity contribution < 1.29 is 17.9 Å². The second-order valence-corrected chi connectivity index (χ2v) is 3.26. The van der Waals surface area contributed by atoms with Gasteiger partial charge in [0.1, 0.15) is 5.82 Å². The standard InChI is InChI=1S/C10H8F3N3O/c1-17-6-2-5(11)8(12)7(9(6)13)4-3-15-16-10(4)14/h2-3H,1H3,(H3,14,15,16). The van der Waals surface area contributed by atoms with Crippen molar-refractivity contribution in [2.45, 2.75) is 0 Å². The molecule has 0 fully saturated rings. The summed E-state index contributed by atoms with van der Waals surface area (Å²) in [7, 11) is 1.15. The van der Waals surface area contributed by atoms with Crippen LogP contribution in [0.15, 0.2) is 12.3 Å². The van der Waals surface area contributed by atoms with Crippen molar-refractivity contribution in [1.82, 2.24) is 10.2 Å². The molecule has 0 aliphatic heterocycles. The number of aromatic nitrogens is 2. The van der Waals surface area contributed by atoms with Crippen molar-refractivity contribution in [2.75, 3.05) is 12.8 Å². The Kier molecular flexibility index (Phi) is 2.66. The van der Waals surface area contributed by atoms with Crippen molar-refractivity contribution in [1.29, 1.82) is 0 Å². The third-order valence-corrected chi connectivity index (χ3v) is 2.28. The maximum absolute atomic E-state index is 13.8. The molecule has 0 atom stereocenters. The number of ether oxygens (including phenoxy) is 1. The lowest BCUT2D eigenvalue weighted by molar-refractivity contribution is 0.377. The summed E-state index contributed by atoms with van der Waals surface area (Å²) < 4.78 is 45.2. The van der Waals surface area contributed by atoms with Gasteiger partial charge in [-0.3, -0.25) is 5.10 Å². The van der Waals surface area contributed by atoms with Gasteiger partial charge in [-0.2, -0.15) is 5.10 Å². The summed E-state index contributed by atoms with van der Waals surface area (Å²) in [5, 5.41) is 5.83. The van der Waals surface area contributed by atoms with Crippen molar-refractivity contribution >= 4 is 5.82 Å². The summed E-state index contributed by atoms with van der Waals surface area (Å²) in [4.78, 5) is 0. The van der Waals surface area contributed by atoms with E-state index < -0.39 is 28.8 Å². The molecule has 0 bridgehead atoms. The van der Waals surface area contributed by atoms with E-state index in [0.29, 0.717) is 6.07 Å². The average molecular weight is 243 g/mol. The fourth-order valence-corrected chi connectivity index (χ4v) is 1.46. The molecule has 0 radical (unpaired) electrons. The number of nitrogens with one attached hydrogen (secondary N) is 1. The van der Waals surface area contributed by atoms with Crippen LogP contribution in [-0.4, -0.2) is 17.3 Å². The molecule has 1 heterocycles. The molecule has 1 aromatic carbocycles. The Morgan fingerprint density at radius 2 is 2.00 bits per heavy atom. The Morgan fingerprint density at radius 1 is 1.29 bits per heavy atom. The molecule has 3 N–H and O–H groups in total. The molecule has 0 unspecified atom stereocenters. The van der Waals surface area contributed by atoms with Gasteiger partial charge >= 0.3 is 0 Å². The van der Waals surface area contributed by atoms with E-state index in [2.05, 4.69) is 14.9 Å². The Hall–Kier alpha value is -2.18.